The molecular weight excluding hydrogens is 248 g/mol. The molecule has 1 aliphatic carbocycles. The van der Waals surface area contributed by atoms with Crippen molar-refractivity contribution >= 4 is 0 Å². The van der Waals surface area contributed by atoms with Gasteiger partial charge in [-0.05, 0) is 51.0 Å². The second-order valence-corrected chi connectivity index (χ2v) is 6.67. The Morgan fingerprint density at radius 3 is 2.25 bits per heavy atom. The summed E-state index contributed by atoms with van der Waals surface area (Å²) >= 11 is 0. The molecule has 2 rings (SSSR count). The number of ether oxygens (including phenoxy) is 1. The number of aliphatic hydroxyl groups is 1. The van der Waals surface area contributed by atoms with E-state index in [1.165, 1.54) is 16.7 Å². The zero-order valence-corrected chi connectivity index (χ0v) is 13.3. The highest BCUT2D eigenvalue weighted by molar-refractivity contribution is 5.29. The summed E-state index contributed by atoms with van der Waals surface area (Å²) in [5, 5.41) is 10.7. The van der Waals surface area contributed by atoms with E-state index in [-0.39, 0.29) is 5.60 Å². The Kier molecular flexibility index (Phi) is 4.87. The molecule has 1 unspecified atom stereocenters. The van der Waals surface area contributed by atoms with Crippen LogP contribution in [0.1, 0.15) is 49.3 Å². The maximum atomic E-state index is 10.7. The van der Waals surface area contributed by atoms with Gasteiger partial charge in [0.25, 0.3) is 0 Å². The predicted octanol–water partition coefficient (Wildman–Crippen LogP) is 3.80. The molecule has 1 fully saturated rings. The van der Waals surface area contributed by atoms with E-state index in [0.29, 0.717) is 6.42 Å². The van der Waals surface area contributed by atoms with Crippen LogP contribution in [0.3, 0.4) is 0 Å². The maximum Gasteiger partial charge on any atom is 0.0939 e. The van der Waals surface area contributed by atoms with Gasteiger partial charge in [-0.1, -0.05) is 36.2 Å². The number of benzene rings is 1. The van der Waals surface area contributed by atoms with Crippen LogP contribution in [-0.2, 0) is 11.2 Å². The first kappa shape index (κ1) is 15.5. The van der Waals surface area contributed by atoms with Crippen LogP contribution in [0, 0.1) is 19.8 Å². The van der Waals surface area contributed by atoms with Crippen LogP contribution in [-0.4, -0.2) is 23.9 Å². The largest absolute Gasteiger partial charge is 0.390 e. The van der Waals surface area contributed by atoms with E-state index in [9.17, 15) is 5.11 Å². The maximum absolute atomic E-state index is 10.7. The fourth-order valence-corrected chi connectivity index (χ4v) is 3.52. The van der Waals surface area contributed by atoms with Crippen LogP contribution in [0.4, 0.5) is 0 Å². The third-order valence-corrected chi connectivity index (χ3v) is 4.84. The van der Waals surface area contributed by atoms with Crippen molar-refractivity contribution < 1.29 is 9.84 Å². The number of hydrogen-bond donors (Lipinski definition) is 1. The topological polar surface area (TPSA) is 29.5 Å². The third kappa shape index (κ3) is 3.42. The van der Waals surface area contributed by atoms with Gasteiger partial charge in [0.15, 0.2) is 0 Å². The summed E-state index contributed by atoms with van der Waals surface area (Å²) in [6.45, 7) is 6.50. The minimum atomic E-state index is -0.416. The van der Waals surface area contributed by atoms with Gasteiger partial charge in [-0.3, -0.25) is 0 Å². The van der Waals surface area contributed by atoms with Crippen molar-refractivity contribution in [3.05, 3.63) is 34.9 Å². The van der Waals surface area contributed by atoms with Crippen molar-refractivity contribution in [2.45, 2.75) is 64.6 Å². The number of aryl methyl sites for hydroxylation is 2. The molecule has 2 nitrogen and oxygen atoms in total. The summed E-state index contributed by atoms with van der Waals surface area (Å²) in [5.74, 6) is 0.756. The molecule has 1 N–H and O–H groups in total. The quantitative estimate of drug-likeness (QED) is 0.906. The fraction of sp³-hybridized carbons (Fsp3) is 0.667. The Labute approximate surface area is 123 Å². The van der Waals surface area contributed by atoms with E-state index >= 15 is 0 Å². The fourth-order valence-electron chi connectivity index (χ4n) is 3.52. The zero-order chi connectivity index (χ0) is 14.8. The van der Waals surface area contributed by atoms with Crippen LogP contribution in [0.2, 0.25) is 0 Å². The minimum absolute atomic E-state index is 0.343. The van der Waals surface area contributed by atoms with Gasteiger partial charge in [0.05, 0.1) is 11.7 Å². The van der Waals surface area contributed by atoms with Crippen molar-refractivity contribution in [1.82, 2.24) is 0 Å². The first-order chi connectivity index (χ1) is 9.45. The SMILES string of the molecule is COC1(C(O)Cc2cc(C)cc(C)c2)CCC(C)CC1. The first-order valence-electron chi connectivity index (χ1n) is 7.75. The molecule has 2 heteroatoms. The Hall–Kier alpha value is -0.860. The van der Waals surface area contributed by atoms with Crippen LogP contribution >= 0.6 is 0 Å². The van der Waals surface area contributed by atoms with Gasteiger partial charge in [0.2, 0.25) is 0 Å². The molecule has 1 atom stereocenters. The van der Waals surface area contributed by atoms with Crippen LogP contribution in [0.15, 0.2) is 18.2 Å². The third-order valence-electron chi connectivity index (χ3n) is 4.84. The summed E-state index contributed by atoms with van der Waals surface area (Å²) in [5.41, 5.74) is 3.39. The Morgan fingerprint density at radius 1 is 1.20 bits per heavy atom. The minimum Gasteiger partial charge on any atom is -0.390 e. The van der Waals surface area contributed by atoms with Crippen LogP contribution < -0.4 is 0 Å². The predicted molar refractivity (Wildman–Crippen MR) is 83.0 cm³/mol. The number of hydrogen-bond acceptors (Lipinski definition) is 2. The van der Waals surface area contributed by atoms with Gasteiger partial charge in [-0.25, -0.2) is 0 Å². The summed E-state index contributed by atoms with van der Waals surface area (Å²) in [6.07, 6.45) is 4.51. The summed E-state index contributed by atoms with van der Waals surface area (Å²) in [6, 6.07) is 6.51. The molecule has 1 aliphatic rings. The van der Waals surface area contributed by atoms with Crippen LogP contribution in [0.5, 0.6) is 0 Å². The lowest BCUT2D eigenvalue weighted by Crippen LogP contribution is -2.47. The Bertz CT molecular complexity index is 424. The molecule has 112 valence electrons. The average molecular weight is 276 g/mol. The second-order valence-electron chi connectivity index (χ2n) is 6.67. The molecule has 0 radical (unpaired) electrons. The monoisotopic (exact) mass is 276 g/mol. The van der Waals surface area contributed by atoms with Gasteiger partial charge in [-0.2, -0.15) is 0 Å². The lowest BCUT2D eigenvalue weighted by Gasteiger charge is -2.41. The molecule has 1 aromatic rings. The average Bonchev–Trinajstić information content (AvgIpc) is 2.38. The molecule has 1 saturated carbocycles. The van der Waals surface area contributed by atoms with Gasteiger partial charge in [0.1, 0.15) is 0 Å². The molecule has 0 aromatic heterocycles. The highest BCUT2D eigenvalue weighted by atomic mass is 16.5. The molecule has 0 aliphatic heterocycles. The summed E-state index contributed by atoms with van der Waals surface area (Å²) in [4.78, 5) is 0. The highest BCUT2D eigenvalue weighted by Crippen LogP contribution is 2.37. The van der Waals surface area contributed by atoms with E-state index in [0.717, 1.165) is 31.6 Å². The number of methoxy groups -OCH3 is 1. The normalized spacial score (nSPS) is 28.4. The van der Waals surface area contributed by atoms with E-state index in [2.05, 4.69) is 39.0 Å². The van der Waals surface area contributed by atoms with Gasteiger partial charge in [0, 0.05) is 13.5 Å². The molecule has 0 bridgehead atoms. The van der Waals surface area contributed by atoms with Crippen LogP contribution in [0.25, 0.3) is 0 Å². The van der Waals surface area contributed by atoms with E-state index in [1.54, 1.807) is 7.11 Å². The summed E-state index contributed by atoms with van der Waals surface area (Å²) in [7, 11) is 1.75. The van der Waals surface area contributed by atoms with E-state index < -0.39 is 6.10 Å². The Morgan fingerprint density at radius 2 is 1.75 bits per heavy atom. The molecular formula is C18H28O2. The van der Waals surface area contributed by atoms with Crippen molar-refractivity contribution in [2.24, 2.45) is 5.92 Å². The molecule has 20 heavy (non-hydrogen) atoms. The van der Waals surface area contributed by atoms with Crippen molar-refractivity contribution in [1.29, 1.82) is 0 Å². The van der Waals surface area contributed by atoms with Gasteiger partial charge < -0.3 is 9.84 Å². The smallest absolute Gasteiger partial charge is 0.0939 e. The summed E-state index contributed by atoms with van der Waals surface area (Å²) < 4.78 is 5.77. The molecule has 1 aromatic carbocycles. The Balaban J connectivity index is 2.11. The second kappa shape index (κ2) is 6.28. The standard InChI is InChI=1S/C18H28O2/c1-13-5-7-18(20-4,8-6-13)17(19)12-16-10-14(2)9-15(3)11-16/h9-11,13,17,19H,5-8,12H2,1-4H3. The molecule has 0 amide bonds. The molecule has 0 spiro atoms. The van der Waals surface area contributed by atoms with E-state index in [4.69, 9.17) is 4.74 Å². The van der Waals surface area contributed by atoms with Gasteiger partial charge in [-0.15, -0.1) is 0 Å². The van der Waals surface area contributed by atoms with E-state index in [1.807, 2.05) is 0 Å². The van der Waals surface area contributed by atoms with Gasteiger partial charge >= 0.3 is 0 Å². The number of aliphatic hydroxyl groups excluding tert-OH is 1. The lowest BCUT2D eigenvalue weighted by atomic mass is 9.75. The zero-order valence-electron chi connectivity index (χ0n) is 13.3. The molecule has 0 saturated heterocycles. The van der Waals surface area contributed by atoms with Crippen molar-refractivity contribution in [3.63, 3.8) is 0 Å². The van der Waals surface area contributed by atoms with Crippen molar-refractivity contribution in [3.8, 4) is 0 Å². The van der Waals surface area contributed by atoms with Crippen molar-refractivity contribution in [2.75, 3.05) is 7.11 Å². The number of rotatable bonds is 4. The first-order valence-corrected chi connectivity index (χ1v) is 7.75. The molecule has 0 heterocycles. The lowest BCUT2D eigenvalue weighted by molar-refractivity contribution is -0.127. The highest BCUT2D eigenvalue weighted by Gasteiger charge is 2.40.